The predicted molar refractivity (Wildman–Crippen MR) is 79.9 cm³/mol. The number of fused-ring (bicyclic) bond motifs is 1. The van der Waals surface area contributed by atoms with Crippen LogP contribution in [0.1, 0.15) is 23.8 Å². The number of benzene rings is 1. The van der Waals surface area contributed by atoms with Crippen LogP contribution in [-0.4, -0.2) is 48.3 Å². The monoisotopic (exact) mass is 319 g/mol. The van der Waals surface area contributed by atoms with Crippen LogP contribution in [0.5, 0.6) is 17.2 Å². The number of hydrogen-bond acceptors (Lipinski definition) is 7. The third-order valence-corrected chi connectivity index (χ3v) is 3.34. The quantitative estimate of drug-likeness (QED) is 0.859. The van der Waals surface area contributed by atoms with E-state index in [0.717, 1.165) is 6.42 Å². The van der Waals surface area contributed by atoms with Crippen molar-refractivity contribution in [1.82, 2.24) is 15.4 Å². The van der Waals surface area contributed by atoms with E-state index >= 15 is 0 Å². The SMILES string of the molecule is CCOC(=O)c1n[nH]nc1-c1cc2c(cc1OC)OCCCO2. The Morgan fingerprint density at radius 3 is 2.70 bits per heavy atom. The number of aromatic nitrogens is 3. The summed E-state index contributed by atoms with van der Waals surface area (Å²) in [4.78, 5) is 12.0. The zero-order valence-corrected chi connectivity index (χ0v) is 12.9. The molecule has 0 radical (unpaired) electrons. The second-order valence-electron chi connectivity index (χ2n) is 4.79. The number of methoxy groups -OCH3 is 1. The van der Waals surface area contributed by atoms with E-state index < -0.39 is 5.97 Å². The molecule has 1 aromatic heterocycles. The lowest BCUT2D eigenvalue weighted by Gasteiger charge is -2.13. The van der Waals surface area contributed by atoms with Gasteiger partial charge in [0.05, 0.1) is 32.5 Å². The normalized spacial score (nSPS) is 13.3. The van der Waals surface area contributed by atoms with Gasteiger partial charge in [0.15, 0.2) is 17.2 Å². The molecule has 1 aliphatic rings. The van der Waals surface area contributed by atoms with Crippen LogP contribution in [0.15, 0.2) is 12.1 Å². The van der Waals surface area contributed by atoms with Crippen LogP contribution in [0.25, 0.3) is 11.3 Å². The molecular weight excluding hydrogens is 302 g/mol. The molecule has 8 nitrogen and oxygen atoms in total. The second-order valence-corrected chi connectivity index (χ2v) is 4.79. The number of esters is 1. The average Bonchev–Trinajstić information content (AvgIpc) is 2.93. The third kappa shape index (κ3) is 2.92. The first-order valence-corrected chi connectivity index (χ1v) is 7.30. The lowest BCUT2D eigenvalue weighted by molar-refractivity contribution is 0.0520. The summed E-state index contributed by atoms with van der Waals surface area (Å²) in [5, 5.41) is 10.4. The smallest absolute Gasteiger partial charge is 0.361 e. The summed E-state index contributed by atoms with van der Waals surface area (Å²) in [5.74, 6) is 1.14. The first-order chi connectivity index (χ1) is 11.2. The highest BCUT2D eigenvalue weighted by molar-refractivity contribution is 5.95. The Hall–Kier alpha value is -2.77. The Morgan fingerprint density at radius 2 is 2.00 bits per heavy atom. The molecule has 0 bridgehead atoms. The summed E-state index contributed by atoms with van der Waals surface area (Å²) in [7, 11) is 1.53. The van der Waals surface area contributed by atoms with Gasteiger partial charge in [0, 0.05) is 12.5 Å². The summed E-state index contributed by atoms with van der Waals surface area (Å²) in [6, 6.07) is 3.46. The van der Waals surface area contributed by atoms with Crippen molar-refractivity contribution < 1.29 is 23.7 Å². The highest BCUT2D eigenvalue weighted by atomic mass is 16.5. The number of aromatic amines is 1. The van der Waals surface area contributed by atoms with Crippen molar-refractivity contribution in [2.45, 2.75) is 13.3 Å². The van der Waals surface area contributed by atoms with Gasteiger partial charge in [0.1, 0.15) is 11.4 Å². The molecule has 1 N–H and O–H groups in total. The lowest BCUT2D eigenvalue weighted by Crippen LogP contribution is -2.07. The van der Waals surface area contributed by atoms with Gasteiger partial charge >= 0.3 is 5.97 Å². The van der Waals surface area contributed by atoms with Gasteiger partial charge < -0.3 is 18.9 Å². The van der Waals surface area contributed by atoms with Crippen molar-refractivity contribution in [1.29, 1.82) is 0 Å². The highest BCUT2D eigenvalue weighted by Gasteiger charge is 2.24. The largest absolute Gasteiger partial charge is 0.496 e. The van der Waals surface area contributed by atoms with E-state index in [2.05, 4.69) is 15.4 Å². The van der Waals surface area contributed by atoms with E-state index in [4.69, 9.17) is 18.9 Å². The van der Waals surface area contributed by atoms with Gasteiger partial charge in [-0.3, -0.25) is 0 Å². The van der Waals surface area contributed by atoms with Crippen LogP contribution in [0.3, 0.4) is 0 Å². The van der Waals surface area contributed by atoms with E-state index in [1.165, 1.54) is 7.11 Å². The van der Waals surface area contributed by atoms with E-state index in [1.54, 1.807) is 19.1 Å². The zero-order chi connectivity index (χ0) is 16.2. The summed E-state index contributed by atoms with van der Waals surface area (Å²) >= 11 is 0. The van der Waals surface area contributed by atoms with Crippen LogP contribution in [0.2, 0.25) is 0 Å². The van der Waals surface area contributed by atoms with Gasteiger partial charge in [-0.1, -0.05) is 0 Å². The summed E-state index contributed by atoms with van der Waals surface area (Å²) in [5.41, 5.74) is 1.02. The maximum absolute atomic E-state index is 12.0. The van der Waals surface area contributed by atoms with Crippen molar-refractivity contribution in [2.75, 3.05) is 26.9 Å². The van der Waals surface area contributed by atoms with Crippen LogP contribution >= 0.6 is 0 Å². The molecule has 1 aliphatic heterocycles. The van der Waals surface area contributed by atoms with Gasteiger partial charge in [0.25, 0.3) is 0 Å². The van der Waals surface area contributed by atoms with E-state index in [-0.39, 0.29) is 12.3 Å². The maximum atomic E-state index is 12.0. The van der Waals surface area contributed by atoms with E-state index in [0.29, 0.717) is 41.7 Å². The molecule has 122 valence electrons. The van der Waals surface area contributed by atoms with Gasteiger partial charge in [-0.25, -0.2) is 4.79 Å². The van der Waals surface area contributed by atoms with Crippen molar-refractivity contribution in [3.63, 3.8) is 0 Å². The Bertz CT molecular complexity index is 713. The van der Waals surface area contributed by atoms with E-state index in [9.17, 15) is 4.79 Å². The first kappa shape index (κ1) is 15.1. The minimum atomic E-state index is -0.551. The number of carbonyl (C=O) groups is 1. The van der Waals surface area contributed by atoms with Crippen molar-refractivity contribution in [2.24, 2.45) is 0 Å². The molecule has 0 spiro atoms. The summed E-state index contributed by atoms with van der Waals surface area (Å²) in [6.07, 6.45) is 0.796. The van der Waals surface area contributed by atoms with Gasteiger partial charge in [-0.15, -0.1) is 5.10 Å². The first-order valence-electron chi connectivity index (χ1n) is 7.30. The maximum Gasteiger partial charge on any atom is 0.361 e. The van der Waals surface area contributed by atoms with Crippen molar-refractivity contribution in [3.8, 4) is 28.5 Å². The molecule has 0 fully saturated rings. The summed E-state index contributed by atoms with van der Waals surface area (Å²) in [6.45, 7) is 3.12. The van der Waals surface area contributed by atoms with Crippen molar-refractivity contribution >= 4 is 5.97 Å². The number of nitrogens with one attached hydrogen (secondary N) is 1. The van der Waals surface area contributed by atoms with Crippen LogP contribution < -0.4 is 14.2 Å². The molecule has 0 unspecified atom stereocenters. The molecule has 23 heavy (non-hydrogen) atoms. The topological polar surface area (TPSA) is 95.6 Å². The minimum Gasteiger partial charge on any atom is -0.496 e. The molecule has 0 saturated carbocycles. The molecule has 2 aromatic rings. The fourth-order valence-electron chi connectivity index (χ4n) is 2.30. The molecule has 8 heteroatoms. The molecular formula is C15H17N3O5. The van der Waals surface area contributed by atoms with Crippen LogP contribution in [0, 0.1) is 0 Å². The molecule has 0 aliphatic carbocycles. The lowest BCUT2D eigenvalue weighted by atomic mass is 10.1. The Balaban J connectivity index is 2.08. The Kier molecular flexibility index (Phi) is 4.31. The Labute approximate surface area is 132 Å². The van der Waals surface area contributed by atoms with E-state index in [1.807, 2.05) is 0 Å². The third-order valence-electron chi connectivity index (χ3n) is 3.34. The fraction of sp³-hybridized carbons (Fsp3) is 0.400. The number of carbonyl (C=O) groups excluding carboxylic acids is 1. The second kappa shape index (κ2) is 6.55. The van der Waals surface area contributed by atoms with Gasteiger partial charge in [-0.05, 0) is 13.0 Å². The number of nitrogens with zero attached hydrogens (tertiary/aromatic N) is 2. The number of hydrogen-bond donors (Lipinski definition) is 1. The minimum absolute atomic E-state index is 0.0969. The highest BCUT2D eigenvalue weighted by Crippen LogP contribution is 2.41. The van der Waals surface area contributed by atoms with Crippen molar-refractivity contribution in [3.05, 3.63) is 17.8 Å². The molecule has 1 aromatic carbocycles. The molecule has 0 amide bonds. The zero-order valence-electron chi connectivity index (χ0n) is 12.9. The average molecular weight is 319 g/mol. The van der Waals surface area contributed by atoms with Gasteiger partial charge in [-0.2, -0.15) is 10.3 Å². The number of ether oxygens (including phenoxy) is 4. The molecule has 2 heterocycles. The van der Waals surface area contributed by atoms with Crippen LogP contribution in [0.4, 0.5) is 0 Å². The molecule has 3 rings (SSSR count). The summed E-state index contributed by atoms with van der Waals surface area (Å²) < 4.78 is 21.7. The Morgan fingerprint density at radius 1 is 1.26 bits per heavy atom. The molecule has 0 saturated heterocycles. The van der Waals surface area contributed by atoms with Crippen LogP contribution in [-0.2, 0) is 4.74 Å². The number of rotatable bonds is 4. The molecule has 0 atom stereocenters. The predicted octanol–water partition coefficient (Wildman–Crippen LogP) is 1.82. The fourth-order valence-corrected chi connectivity index (χ4v) is 2.30. The van der Waals surface area contributed by atoms with Gasteiger partial charge in [0.2, 0.25) is 0 Å². The standard InChI is InChI=1S/C15H17N3O5/c1-3-21-15(19)14-13(16-18-17-14)9-7-11-12(8-10(9)20-2)23-6-4-5-22-11/h7-8H,3-6H2,1-2H3,(H,16,17,18). The number of H-pyrrole nitrogens is 1.